The molecule has 0 spiro atoms. The van der Waals surface area contributed by atoms with Crippen LogP contribution in [0.5, 0.6) is 0 Å². The standard InChI is InChI=1S/C20H23BrN2O3.C2H6/c1-20(2,3)26-19(25)23-17(12-14-8-5-4-6-9-14)18(24)22-16-11-7-10-15(21)13-16;1-2/h4-11,13,17H,12H2,1-3H3,(H,22,24)(H,23,25);1-2H3. The lowest BCUT2D eigenvalue weighted by atomic mass is 10.1. The third kappa shape index (κ3) is 9.04. The highest BCUT2D eigenvalue weighted by atomic mass is 79.9. The van der Waals surface area contributed by atoms with Gasteiger partial charge in [0.05, 0.1) is 0 Å². The summed E-state index contributed by atoms with van der Waals surface area (Å²) in [5, 5.41) is 5.50. The predicted molar refractivity (Wildman–Crippen MR) is 117 cm³/mol. The van der Waals surface area contributed by atoms with E-state index in [2.05, 4.69) is 26.6 Å². The van der Waals surface area contributed by atoms with Gasteiger partial charge in [0.15, 0.2) is 0 Å². The van der Waals surface area contributed by atoms with Crippen LogP contribution in [0, 0.1) is 0 Å². The van der Waals surface area contributed by atoms with E-state index in [-0.39, 0.29) is 5.91 Å². The fourth-order valence-electron chi connectivity index (χ4n) is 2.30. The van der Waals surface area contributed by atoms with E-state index in [1.165, 1.54) is 0 Å². The summed E-state index contributed by atoms with van der Waals surface area (Å²) in [7, 11) is 0. The first-order valence-electron chi connectivity index (χ1n) is 9.33. The quantitative estimate of drug-likeness (QED) is 0.629. The van der Waals surface area contributed by atoms with Crippen molar-refractivity contribution >= 4 is 33.6 Å². The summed E-state index contributed by atoms with van der Waals surface area (Å²) in [4.78, 5) is 24.9. The largest absolute Gasteiger partial charge is 0.444 e. The Bertz CT molecular complexity index is 758. The van der Waals surface area contributed by atoms with Crippen LogP contribution < -0.4 is 10.6 Å². The van der Waals surface area contributed by atoms with Gasteiger partial charge in [-0.25, -0.2) is 4.79 Å². The molecule has 0 aliphatic heterocycles. The maximum Gasteiger partial charge on any atom is 0.408 e. The molecule has 6 heteroatoms. The fraction of sp³-hybridized carbons (Fsp3) is 0.364. The zero-order chi connectivity index (χ0) is 21.2. The van der Waals surface area contributed by atoms with Crippen LogP contribution in [0.3, 0.4) is 0 Å². The zero-order valence-electron chi connectivity index (χ0n) is 17.1. The molecule has 0 aliphatic rings. The summed E-state index contributed by atoms with van der Waals surface area (Å²) in [5.41, 5.74) is 0.952. The highest BCUT2D eigenvalue weighted by molar-refractivity contribution is 9.10. The highest BCUT2D eigenvalue weighted by Gasteiger charge is 2.24. The molecule has 0 heterocycles. The van der Waals surface area contributed by atoms with Crippen LogP contribution in [0.25, 0.3) is 0 Å². The Kier molecular flexibility index (Phi) is 9.73. The molecule has 0 aliphatic carbocycles. The maximum absolute atomic E-state index is 12.7. The minimum Gasteiger partial charge on any atom is -0.444 e. The Morgan fingerprint density at radius 1 is 1.04 bits per heavy atom. The van der Waals surface area contributed by atoms with Crippen LogP contribution in [0.2, 0.25) is 0 Å². The number of benzene rings is 2. The summed E-state index contributed by atoms with van der Waals surface area (Å²) >= 11 is 3.38. The molecule has 5 nitrogen and oxygen atoms in total. The number of carbonyl (C=O) groups excluding carboxylic acids is 2. The van der Waals surface area contributed by atoms with Gasteiger partial charge in [-0.15, -0.1) is 0 Å². The zero-order valence-corrected chi connectivity index (χ0v) is 18.7. The summed E-state index contributed by atoms with van der Waals surface area (Å²) in [6.07, 6.45) is -0.261. The Morgan fingerprint density at radius 2 is 1.68 bits per heavy atom. The van der Waals surface area contributed by atoms with E-state index in [4.69, 9.17) is 4.74 Å². The van der Waals surface area contributed by atoms with Gasteiger partial charge >= 0.3 is 6.09 Å². The third-order valence-corrected chi connectivity index (χ3v) is 3.88. The smallest absolute Gasteiger partial charge is 0.408 e. The first-order valence-corrected chi connectivity index (χ1v) is 10.1. The second-order valence-corrected chi connectivity index (χ2v) is 7.80. The monoisotopic (exact) mass is 448 g/mol. The van der Waals surface area contributed by atoms with Gasteiger partial charge in [0.25, 0.3) is 0 Å². The van der Waals surface area contributed by atoms with Gasteiger partial charge in [-0.05, 0) is 44.5 Å². The van der Waals surface area contributed by atoms with E-state index in [9.17, 15) is 9.59 Å². The molecule has 2 rings (SSSR count). The van der Waals surface area contributed by atoms with Crippen molar-refractivity contribution in [3.8, 4) is 0 Å². The molecular weight excluding hydrogens is 420 g/mol. The molecule has 0 saturated carbocycles. The highest BCUT2D eigenvalue weighted by Crippen LogP contribution is 2.16. The van der Waals surface area contributed by atoms with Crippen molar-refractivity contribution in [3.05, 3.63) is 64.6 Å². The third-order valence-electron chi connectivity index (χ3n) is 3.38. The number of anilines is 1. The molecule has 0 fully saturated rings. The Hall–Kier alpha value is -2.34. The van der Waals surface area contributed by atoms with Crippen LogP contribution in [-0.2, 0) is 16.0 Å². The molecular formula is C22H29BrN2O3. The van der Waals surface area contributed by atoms with Crippen LogP contribution >= 0.6 is 15.9 Å². The number of alkyl carbamates (subject to hydrolysis) is 1. The van der Waals surface area contributed by atoms with Crippen molar-refractivity contribution < 1.29 is 14.3 Å². The van der Waals surface area contributed by atoms with Crippen molar-refractivity contribution in [2.24, 2.45) is 0 Å². The second-order valence-electron chi connectivity index (χ2n) is 6.89. The van der Waals surface area contributed by atoms with Gasteiger partial charge in [0, 0.05) is 16.6 Å². The number of hydrogen-bond acceptors (Lipinski definition) is 3. The minimum absolute atomic E-state index is 0.308. The van der Waals surface area contributed by atoms with Gasteiger partial charge in [-0.3, -0.25) is 4.79 Å². The van der Waals surface area contributed by atoms with Gasteiger partial charge in [-0.2, -0.15) is 0 Å². The molecule has 2 amide bonds. The van der Waals surface area contributed by atoms with Crippen molar-refractivity contribution in [3.63, 3.8) is 0 Å². The molecule has 2 N–H and O–H groups in total. The summed E-state index contributed by atoms with van der Waals surface area (Å²) < 4.78 is 6.14. The molecule has 1 unspecified atom stereocenters. The number of carbonyl (C=O) groups is 2. The lowest BCUT2D eigenvalue weighted by Gasteiger charge is -2.23. The molecule has 1 atom stereocenters. The van der Waals surface area contributed by atoms with Crippen molar-refractivity contribution in [1.82, 2.24) is 5.32 Å². The Morgan fingerprint density at radius 3 is 2.25 bits per heavy atom. The average molecular weight is 449 g/mol. The second kappa shape index (κ2) is 11.5. The number of hydrogen-bond donors (Lipinski definition) is 2. The number of nitrogens with one attached hydrogen (secondary N) is 2. The van der Waals surface area contributed by atoms with Crippen LogP contribution in [0.1, 0.15) is 40.2 Å². The van der Waals surface area contributed by atoms with Gasteiger partial charge < -0.3 is 15.4 Å². The van der Waals surface area contributed by atoms with Crippen molar-refractivity contribution in [1.29, 1.82) is 0 Å². The molecule has 0 radical (unpaired) electrons. The van der Waals surface area contributed by atoms with Crippen LogP contribution in [0.15, 0.2) is 59.1 Å². The van der Waals surface area contributed by atoms with Gasteiger partial charge in [0.1, 0.15) is 11.6 Å². The van der Waals surface area contributed by atoms with E-state index in [1.807, 2.05) is 56.3 Å². The molecule has 2 aromatic rings. The first kappa shape index (κ1) is 23.7. The average Bonchev–Trinajstić information content (AvgIpc) is 2.62. The molecule has 2 aromatic carbocycles. The van der Waals surface area contributed by atoms with E-state index in [1.54, 1.807) is 32.9 Å². The number of amides is 2. The molecule has 28 heavy (non-hydrogen) atoms. The van der Waals surface area contributed by atoms with E-state index < -0.39 is 17.7 Å². The van der Waals surface area contributed by atoms with E-state index >= 15 is 0 Å². The SMILES string of the molecule is CC.CC(C)(C)OC(=O)NC(Cc1ccccc1)C(=O)Nc1cccc(Br)c1. The van der Waals surface area contributed by atoms with Gasteiger partial charge in [0.2, 0.25) is 5.91 Å². The van der Waals surface area contributed by atoms with Crippen molar-refractivity contribution in [2.75, 3.05) is 5.32 Å². The van der Waals surface area contributed by atoms with Crippen LogP contribution in [0.4, 0.5) is 10.5 Å². The normalized spacial score (nSPS) is 11.5. The Balaban J connectivity index is 0.00000190. The van der Waals surface area contributed by atoms with Crippen molar-refractivity contribution in [2.45, 2.75) is 52.7 Å². The van der Waals surface area contributed by atoms with E-state index in [0.717, 1.165) is 10.0 Å². The number of rotatable bonds is 5. The topological polar surface area (TPSA) is 67.4 Å². The lowest BCUT2D eigenvalue weighted by Crippen LogP contribution is -2.47. The molecule has 152 valence electrons. The first-order chi connectivity index (χ1) is 13.2. The fourth-order valence-corrected chi connectivity index (χ4v) is 2.70. The van der Waals surface area contributed by atoms with E-state index in [0.29, 0.717) is 12.1 Å². The molecule has 0 aromatic heterocycles. The number of halogens is 1. The predicted octanol–water partition coefficient (Wildman–Crippen LogP) is 5.55. The summed E-state index contributed by atoms with van der Waals surface area (Å²) in [6.45, 7) is 9.33. The van der Waals surface area contributed by atoms with Crippen LogP contribution in [-0.4, -0.2) is 23.6 Å². The lowest BCUT2D eigenvalue weighted by molar-refractivity contribution is -0.118. The molecule has 0 bridgehead atoms. The summed E-state index contributed by atoms with van der Waals surface area (Å²) in [5.74, 6) is -0.308. The Labute approximate surface area is 176 Å². The molecule has 0 saturated heterocycles. The maximum atomic E-state index is 12.7. The number of ether oxygens (including phenoxy) is 1. The van der Waals surface area contributed by atoms with Gasteiger partial charge in [-0.1, -0.05) is 66.2 Å². The minimum atomic E-state index is -0.758. The summed E-state index contributed by atoms with van der Waals surface area (Å²) in [6, 6.07) is 16.0.